The van der Waals surface area contributed by atoms with Crippen LogP contribution in [-0.4, -0.2) is 37.4 Å². The van der Waals surface area contributed by atoms with Crippen molar-refractivity contribution >= 4 is 5.91 Å². The summed E-state index contributed by atoms with van der Waals surface area (Å²) < 4.78 is 40.4. The van der Waals surface area contributed by atoms with Gasteiger partial charge in [-0.25, -0.2) is 0 Å². The highest BCUT2D eigenvalue weighted by Crippen LogP contribution is 2.49. The normalized spacial score (nSPS) is 23.6. The number of nitrogens with two attached hydrogens (primary N) is 1. The zero-order valence-electron chi connectivity index (χ0n) is 16.2. The second-order valence-corrected chi connectivity index (χ2v) is 7.12. The van der Waals surface area contributed by atoms with Crippen LogP contribution in [0.3, 0.4) is 0 Å². The molecule has 0 saturated heterocycles. The van der Waals surface area contributed by atoms with Gasteiger partial charge in [-0.15, -0.1) is 0 Å². The molecule has 0 aliphatic heterocycles. The lowest BCUT2D eigenvalue weighted by Crippen LogP contribution is -2.75. The van der Waals surface area contributed by atoms with Crippen molar-refractivity contribution in [2.45, 2.75) is 58.9 Å². The van der Waals surface area contributed by atoms with Crippen molar-refractivity contribution < 1.29 is 27.8 Å². The Morgan fingerprint density at radius 3 is 2.56 bits per heavy atom. The second kappa shape index (κ2) is 8.39. The molecule has 1 aliphatic rings. The summed E-state index contributed by atoms with van der Waals surface area (Å²) in [6, 6.07) is 4.56. The van der Waals surface area contributed by atoms with E-state index in [1.54, 1.807) is 19.1 Å². The zero-order chi connectivity index (χ0) is 20.2. The average Bonchev–Trinajstić information content (AvgIpc) is 2.61. The van der Waals surface area contributed by atoms with E-state index in [4.69, 9.17) is 15.2 Å². The molecule has 0 heterocycles. The third-order valence-electron chi connectivity index (χ3n) is 5.21. The fourth-order valence-corrected chi connectivity index (χ4v) is 3.28. The summed E-state index contributed by atoms with van der Waals surface area (Å²) in [5, 5.41) is 2.83. The molecule has 0 spiro atoms. The lowest BCUT2D eigenvalue weighted by Gasteiger charge is -2.57. The van der Waals surface area contributed by atoms with E-state index in [9.17, 15) is 13.6 Å². The van der Waals surface area contributed by atoms with E-state index in [1.807, 2.05) is 20.8 Å². The Hall–Kier alpha value is -1.93. The van der Waals surface area contributed by atoms with Crippen molar-refractivity contribution in [3.8, 4) is 11.5 Å². The molecule has 1 aliphatic carbocycles. The second-order valence-electron chi connectivity index (χ2n) is 7.12. The van der Waals surface area contributed by atoms with Gasteiger partial charge in [0.1, 0.15) is 5.54 Å². The Morgan fingerprint density at radius 2 is 2.00 bits per heavy atom. The lowest BCUT2D eigenvalue weighted by molar-refractivity contribution is -0.170. The molecule has 27 heavy (non-hydrogen) atoms. The van der Waals surface area contributed by atoms with Crippen LogP contribution in [0.4, 0.5) is 8.78 Å². The van der Waals surface area contributed by atoms with Crippen LogP contribution in [0.1, 0.15) is 39.7 Å². The van der Waals surface area contributed by atoms with Gasteiger partial charge in [-0.2, -0.15) is 8.78 Å². The van der Waals surface area contributed by atoms with Gasteiger partial charge in [-0.1, -0.05) is 19.9 Å². The Labute approximate surface area is 158 Å². The molecule has 2 atom stereocenters. The molecule has 8 heteroatoms. The van der Waals surface area contributed by atoms with E-state index in [2.05, 4.69) is 10.1 Å². The number of amides is 1. The fourth-order valence-electron chi connectivity index (χ4n) is 3.28. The molecule has 1 saturated carbocycles. The molecule has 1 aromatic carbocycles. The van der Waals surface area contributed by atoms with Gasteiger partial charge in [-0.3, -0.25) is 4.79 Å². The summed E-state index contributed by atoms with van der Waals surface area (Å²) in [4.78, 5) is 12.7. The predicted octanol–water partition coefficient (Wildman–Crippen LogP) is 2.84. The first-order valence-electron chi connectivity index (χ1n) is 9.05. The van der Waals surface area contributed by atoms with E-state index in [0.717, 1.165) is 0 Å². The summed E-state index contributed by atoms with van der Waals surface area (Å²) in [5.41, 5.74) is 5.53. The van der Waals surface area contributed by atoms with Gasteiger partial charge in [0, 0.05) is 25.0 Å². The first-order chi connectivity index (χ1) is 12.7. The maximum absolute atomic E-state index is 12.7. The van der Waals surface area contributed by atoms with Crippen molar-refractivity contribution in [3.05, 3.63) is 23.8 Å². The van der Waals surface area contributed by atoms with Gasteiger partial charge >= 0.3 is 6.61 Å². The Bertz CT molecular complexity index is 669. The monoisotopic (exact) mass is 386 g/mol. The van der Waals surface area contributed by atoms with Crippen LogP contribution >= 0.6 is 0 Å². The third kappa shape index (κ3) is 4.32. The molecule has 1 fully saturated rings. The molecule has 3 N–H and O–H groups in total. The molecule has 6 nitrogen and oxygen atoms in total. The highest BCUT2D eigenvalue weighted by atomic mass is 19.3. The highest BCUT2D eigenvalue weighted by molar-refractivity contribution is 5.88. The van der Waals surface area contributed by atoms with Crippen LogP contribution in [0.15, 0.2) is 18.2 Å². The smallest absolute Gasteiger partial charge is 0.387 e. The summed E-state index contributed by atoms with van der Waals surface area (Å²) >= 11 is 0. The first-order valence-corrected chi connectivity index (χ1v) is 9.05. The molecule has 1 amide bonds. The molecule has 2 unspecified atom stereocenters. The standard InChI is InChI=1S/C19H28F2N2O4/c1-5-25-14-9-12(7-8-13(14)27-17(20)21)11-23-16(24)19(22)10-15(26-6-2)18(19,3)4/h7-9,15,17H,5-6,10-11,22H2,1-4H3,(H,23,24). The number of benzene rings is 1. The highest BCUT2D eigenvalue weighted by Gasteiger charge is 2.62. The minimum atomic E-state index is -2.94. The van der Waals surface area contributed by atoms with Gasteiger partial charge in [0.15, 0.2) is 11.5 Å². The molecule has 0 aromatic heterocycles. The van der Waals surface area contributed by atoms with E-state index >= 15 is 0 Å². The molecule has 152 valence electrons. The van der Waals surface area contributed by atoms with E-state index in [0.29, 0.717) is 25.2 Å². The molecule has 1 aromatic rings. The number of hydrogen-bond donors (Lipinski definition) is 2. The summed E-state index contributed by atoms with van der Waals surface area (Å²) in [5.74, 6) is -0.112. The zero-order valence-corrected chi connectivity index (χ0v) is 16.2. The van der Waals surface area contributed by atoms with Crippen molar-refractivity contribution in [1.82, 2.24) is 5.32 Å². The lowest BCUT2D eigenvalue weighted by atomic mass is 9.54. The van der Waals surface area contributed by atoms with Crippen LogP contribution in [0, 0.1) is 5.41 Å². The summed E-state index contributed by atoms with van der Waals surface area (Å²) in [6.45, 7) is 5.61. The summed E-state index contributed by atoms with van der Waals surface area (Å²) in [6.07, 6.45) is 0.388. The quantitative estimate of drug-likeness (QED) is 0.682. The number of ether oxygens (including phenoxy) is 3. The van der Waals surface area contributed by atoms with Crippen molar-refractivity contribution in [2.75, 3.05) is 13.2 Å². The Balaban J connectivity index is 2.04. The predicted molar refractivity (Wildman–Crippen MR) is 96.8 cm³/mol. The minimum absolute atomic E-state index is 0.0445. The van der Waals surface area contributed by atoms with Crippen molar-refractivity contribution in [1.29, 1.82) is 0 Å². The van der Waals surface area contributed by atoms with Crippen molar-refractivity contribution in [3.63, 3.8) is 0 Å². The molecular weight excluding hydrogens is 358 g/mol. The summed E-state index contributed by atoms with van der Waals surface area (Å²) in [7, 11) is 0. The van der Waals surface area contributed by atoms with Crippen LogP contribution < -0.4 is 20.5 Å². The number of carbonyl (C=O) groups is 1. The SMILES string of the molecule is CCOc1cc(CNC(=O)C2(N)CC(OCC)C2(C)C)ccc1OC(F)F. The van der Waals surface area contributed by atoms with Gasteiger partial charge < -0.3 is 25.3 Å². The number of nitrogens with one attached hydrogen (secondary N) is 1. The molecule has 2 rings (SSSR count). The number of carbonyl (C=O) groups excluding carboxylic acids is 1. The van der Waals surface area contributed by atoms with Gasteiger partial charge in [-0.05, 0) is 31.5 Å². The number of rotatable bonds is 9. The fraction of sp³-hybridized carbons (Fsp3) is 0.632. The molecule has 0 radical (unpaired) electrons. The largest absolute Gasteiger partial charge is 0.490 e. The van der Waals surface area contributed by atoms with Crippen LogP contribution in [0.2, 0.25) is 0 Å². The average molecular weight is 386 g/mol. The van der Waals surface area contributed by atoms with Crippen molar-refractivity contribution in [2.24, 2.45) is 11.1 Å². The number of halogens is 2. The van der Waals surface area contributed by atoms with E-state index < -0.39 is 17.6 Å². The Morgan fingerprint density at radius 1 is 1.30 bits per heavy atom. The van der Waals surface area contributed by atoms with E-state index in [-0.39, 0.29) is 30.1 Å². The maximum atomic E-state index is 12.7. The minimum Gasteiger partial charge on any atom is -0.490 e. The van der Waals surface area contributed by atoms with Crippen LogP contribution in [0.5, 0.6) is 11.5 Å². The van der Waals surface area contributed by atoms with Gasteiger partial charge in [0.2, 0.25) is 5.91 Å². The number of hydrogen-bond acceptors (Lipinski definition) is 5. The van der Waals surface area contributed by atoms with E-state index in [1.165, 1.54) is 6.07 Å². The Kier molecular flexibility index (Phi) is 6.64. The maximum Gasteiger partial charge on any atom is 0.387 e. The van der Waals surface area contributed by atoms with Crippen LogP contribution in [-0.2, 0) is 16.1 Å². The van der Waals surface area contributed by atoms with Gasteiger partial charge in [0.05, 0.1) is 12.7 Å². The van der Waals surface area contributed by atoms with Gasteiger partial charge in [0.25, 0.3) is 0 Å². The van der Waals surface area contributed by atoms with Crippen LogP contribution in [0.25, 0.3) is 0 Å². The third-order valence-corrected chi connectivity index (χ3v) is 5.21. The molecular formula is C19H28F2N2O4. The number of alkyl halides is 2. The topological polar surface area (TPSA) is 82.8 Å². The first kappa shape index (κ1) is 21.4. The molecule has 0 bridgehead atoms.